The minimum absolute atomic E-state index is 0.192. The molecule has 1 fully saturated rings. The van der Waals surface area contributed by atoms with Crippen LogP contribution in [0.3, 0.4) is 0 Å². The van der Waals surface area contributed by atoms with Crippen molar-refractivity contribution in [1.29, 1.82) is 0 Å². The molecule has 1 aromatic carbocycles. The average molecular weight is 416 g/mol. The molecule has 154 valence electrons. The van der Waals surface area contributed by atoms with Crippen LogP contribution >= 0.6 is 0 Å². The lowest BCUT2D eigenvalue weighted by Crippen LogP contribution is -2.32. The minimum Gasteiger partial charge on any atom is -0.438 e. The number of sulfone groups is 1. The molecule has 1 heterocycles. The maximum Gasteiger partial charge on any atom is 0.258 e. The van der Waals surface area contributed by atoms with Gasteiger partial charge in [0.25, 0.3) is 5.91 Å². The fourth-order valence-electron chi connectivity index (χ4n) is 2.88. The van der Waals surface area contributed by atoms with Gasteiger partial charge in [0, 0.05) is 30.3 Å². The standard InChI is InChI=1S/C21H25N3O4S/c1-15(11-12-29(2,26)27)23-20(25)18-14-22-19(13-16-7-6-8-16)24-21(18)28-17-9-4-3-5-10-17/h3-5,9-12,14-16H,6-8,13H2,1-2H3,(H,23,25). The Hall–Kier alpha value is -2.74. The van der Waals surface area contributed by atoms with Gasteiger partial charge in [0.15, 0.2) is 9.84 Å². The summed E-state index contributed by atoms with van der Waals surface area (Å²) in [6, 6.07) is 8.63. The normalized spacial score (nSPS) is 15.7. The molecule has 2 aromatic rings. The Morgan fingerprint density at radius 2 is 2.03 bits per heavy atom. The second-order valence-corrected chi connectivity index (χ2v) is 9.27. The molecule has 1 unspecified atom stereocenters. The molecular formula is C21H25N3O4S. The summed E-state index contributed by atoms with van der Waals surface area (Å²) in [5.74, 6) is 1.57. The van der Waals surface area contributed by atoms with Crippen LogP contribution in [0.1, 0.15) is 42.4 Å². The summed E-state index contributed by atoms with van der Waals surface area (Å²) in [5.41, 5.74) is 0.200. The minimum atomic E-state index is -3.26. The number of carbonyl (C=O) groups is 1. The Balaban J connectivity index is 1.81. The maximum atomic E-state index is 12.7. The molecule has 3 rings (SSSR count). The van der Waals surface area contributed by atoms with Gasteiger partial charge in [-0.05, 0) is 25.0 Å². The molecule has 8 heteroatoms. The topological polar surface area (TPSA) is 98.2 Å². The van der Waals surface area contributed by atoms with E-state index >= 15 is 0 Å². The molecular weight excluding hydrogens is 390 g/mol. The van der Waals surface area contributed by atoms with E-state index < -0.39 is 21.8 Å². The van der Waals surface area contributed by atoms with Crippen molar-refractivity contribution in [2.75, 3.05) is 6.26 Å². The molecule has 0 bridgehead atoms. The van der Waals surface area contributed by atoms with Crippen molar-refractivity contribution >= 4 is 15.7 Å². The number of benzene rings is 1. The largest absolute Gasteiger partial charge is 0.438 e. The predicted molar refractivity (Wildman–Crippen MR) is 111 cm³/mol. The van der Waals surface area contributed by atoms with Gasteiger partial charge in [-0.1, -0.05) is 43.5 Å². The van der Waals surface area contributed by atoms with Gasteiger partial charge in [-0.2, -0.15) is 4.98 Å². The summed E-state index contributed by atoms with van der Waals surface area (Å²) in [5, 5.41) is 3.79. The lowest BCUT2D eigenvalue weighted by molar-refractivity contribution is 0.0943. The zero-order valence-corrected chi connectivity index (χ0v) is 17.4. The van der Waals surface area contributed by atoms with E-state index in [2.05, 4.69) is 15.3 Å². The molecule has 0 spiro atoms. The summed E-state index contributed by atoms with van der Waals surface area (Å²) >= 11 is 0. The van der Waals surface area contributed by atoms with Crippen molar-refractivity contribution in [2.24, 2.45) is 5.92 Å². The lowest BCUT2D eigenvalue weighted by atomic mass is 9.83. The highest BCUT2D eigenvalue weighted by molar-refractivity contribution is 7.93. The quantitative estimate of drug-likeness (QED) is 0.710. The molecule has 1 aliphatic rings. The number of carbonyl (C=O) groups excluding carboxylic acids is 1. The monoisotopic (exact) mass is 415 g/mol. The molecule has 1 saturated carbocycles. The fourth-order valence-corrected chi connectivity index (χ4v) is 3.40. The van der Waals surface area contributed by atoms with Crippen molar-refractivity contribution in [2.45, 2.75) is 38.6 Å². The van der Waals surface area contributed by atoms with E-state index in [9.17, 15) is 13.2 Å². The summed E-state index contributed by atoms with van der Waals surface area (Å²) in [6.07, 6.45) is 8.32. The van der Waals surface area contributed by atoms with E-state index in [1.165, 1.54) is 31.5 Å². The van der Waals surface area contributed by atoms with Crippen LogP contribution < -0.4 is 10.1 Å². The van der Waals surface area contributed by atoms with E-state index in [-0.39, 0.29) is 11.4 Å². The third kappa shape index (κ3) is 6.39. The molecule has 1 atom stereocenters. The SMILES string of the molecule is CC(C=CS(C)(=O)=O)NC(=O)c1cnc(CC2CCC2)nc1Oc1ccccc1. The molecule has 1 aliphatic carbocycles. The van der Waals surface area contributed by atoms with Gasteiger partial charge in [0.05, 0.1) is 0 Å². The smallest absolute Gasteiger partial charge is 0.258 e. The van der Waals surface area contributed by atoms with Gasteiger partial charge in [-0.25, -0.2) is 13.4 Å². The van der Waals surface area contributed by atoms with Crippen molar-refractivity contribution in [3.63, 3.8) is 0 Å². The van der Waals surface area contributed by atoms with Crippen LogP contribution in [0.25, 0.3) is 0 Å². The Kier molecular flexibility index (Phi) is 6.64. The van der Waals surface area contributed by atoms with E-state index in [1.807, 2.05) is 18.2 Å². The summed E-state index contributed by atoms with van der Waals surface area (Å²) in [7, 11) is -3.26. The van der Waals surface area contributed by atoms with Gasteiger partial charge >= 0.3 is 0 Å². The highest BCUT2D eigenvalue weighted by Gasteiger charge is 2.22. The first-order chi connectivity index (χ1) is 13.8. The van der Waals surface area contributed by atoms with Crippen molar-refractivity contribution in [3.8, 4) is 11.6 Å². The molecule has 29 heavy (non-hydrogen) atoms. The third-order valence-corrected chi connectivity index (χ3v) is 5.33. The molecule has 1 aromatic heterocycles. The van der Waals surface area contributed by atoms with Crippen LogP contribution in [0.15, 0.2) is 48.0 Å². The Bertz CT molecular complexity index is 986. The summed E-state index contributed by atoms with van der Waals surface area (Å²) in [6.45, 7) is 1.68. The first-order valence-corrected chi connectivity index (χ1v) is 11.5. The number of hydrogen-bond donors (Lipinski definition) is 1. The first-order valence-electron chi connectivity index (χ1n) is 9.58. The first kappa shape index (κ1) is 21.0. The van der Waals surface area contributed by atoms with Crippen LogP contribution in [-0.4, -0.2) is 36.6 Å². The number of aromatic nitrogens is 2. The van der Waals surface area contributed by atoms with E-state index in [4.69, 9.17) is 4.74 Å². The fraction of sp³-hybridized carbons (Fsp3) is 0.381. The lowest BCUT2D eigenvalue weighted by Gasteiger charge is -2.24. The molecule has 0 radical (unpaired) electrons. The number of amides is 1. The molecule has 1 amide bonds. The molecule has 0 aliphatic heterocycles. The molecule has 0 saturated heterocycles. The number of nitrogens with one attached hydrogen (secondary N) is 1. The van der Waals surface area contributed by atoms with Crippen LogP contribution in [0.5, 0.6) is 11.6 Å². The summed E-state index contributed by atoms with van der Waals surface area (Å²) in [4.78, 5) is 21.6. The van der Waals surface area contributed by atoms with Gasteiger partial charge in [0.1, 0.15) is 17.1 Å². The predicted octanol–water partition coefficient (Wildman–Crippen LogP) is 3.29. The highest BCUT2D eigenvalue weighted by atomic mass is 32.2. The Morgan fingerprint density at radius 3 is 2.66 bits per heavy atom. The molecule has 7 nitrogen and oxygen atoms in total. The maximum absolute atomic E-state index is 12.7. The zero-order valence-electron chi connectivity index (χ0n) is 16.5. The Morgan fingerprint density at radius 1 is 1.31 bits per heavy atom. The number of hydrogen-bond acceptors (Lipinski definition) is 6. The van der Waals surface area contributed by atoms with E-state index in [0.29, 0.717) is 17.5 Å². The van der Waals surface area contributed by atoms with E-state index in [0.717, 1.165) is 18.1 Å². The van der Waals surface area contributed by atoms with Gasteiger partial charge in [-0.3, -0.25) is 4.79 Å². The number of para-hydroxylation sites is 1. The van der Waals surface area contributed by atoms with E-state index in [1.54, 1.807) is 19.1 Å². The number of rotatable bonds is 8. The van der Waals surface area contributed by atoms with Crippen molar-refractivity contribution < 1.29 is 17.9 Å². The highest BCUT2D eigenvalue weighted by Crippen LogP contribution is 2.30. The van der Waals surface area contributed by atoms with Crippen LogP contribution in [-0.2, 0) is 16.3 Å². The van der Waals surface area contributed by atoms with Crippen molar-refractivity contribution in [3.05, 3.63) is 59.4 Å². The van der Waals surface area contributed by atoms with Gasteiger partial charge < -0.3 is 10.1 Å². The number of nitrogens with zero attached hydrogens (tertiary/aromatic N) is 2. The second-order valence-electron chi connectivity index (χ2n) is 7.34. The van der Waals surface area contributed by atoms with Crippen molar-refractivity contribution in [1.82, 2.24) is 15.3 Å². The third-order valence-electron chi connectivity index (χ3n) is 4.68. The van der Waals surface area contributed by atoms with Gasteiger partial charge in [0.2, 0.25) is 5.88 Å². The molecule has 1 N–H and O–H groups in total. The Labute approximate surface area is 171 Å². The average Bonchev–Trinajstić information content (AvgIpc) is 2.63. The summed E-state index contributed by atoms with van der Waals surface area (Å²) < 4.78 is 28.4. The second kappa shape index (κ2) is 9.17. The number of ether oxygens (including phenoxy) is 1. The van der Waals surface area contributed by atoms with Gasteiger partial charge in [-0.15, -0.1) is 0 Å². The van der Waals surface area contributed by atoms with Crippen LogP contribution in [0.2, 0.25) is 0 Å². The van der Waals surface area contributed by atoms with Crippen LogP contribution in [0.4, 0.5) is 0 Å². The van der Waals surface area contributed by atoms with Crippen LogP contribution in [0, 0.1) is 5.92 Å². The zero-order chi connectivity index (χ0) is 20.9.